The summed E-state index contributed by atoms with van der Waals surface area (Å²) < 4.78 is 0. The highest BCUT2D eigenvalue weighted by atomic mass is 16.2. The van der Waals surface area contributed by atoms with Gasteiger partial charge in [-0.25, -0.2) is 0 Å². The number of nitrogens with zero attached hydrogens (tertiary/aromatic N) is 1. The first kappa shape index (κ1) is 18.8. The summed E-state index contributed by atoms with van der Waals surface area (Å²) in [4.78, 5) is 49.9. The zero-order valence-electron chi connectivity index (χ0n) is 15.8. The quantitative estimate of drug-likeness (QED) is 0.607. The molecule has 0 aromatic heterocycles. The molecule has 2 unspecified atom stereocenters. The van der Waals surface area contributed by atoms with Crippen LogP contribution < -0.4 is 16.4 Å². The average molecular weight is 384 g/mol. The molecule has 0 spiro atoms. The van der Waals surface area contributed by atoms with Crippen LogP contribution in [0.15, 0.2) is 18.2 Å². The Morgan fingerprint density at radius 2 is 1.93 bits per heavy atom. The van der Waals surface area contributed by atoms with Gasteiger partial charge in [0.25, 0.3) is 11.8 Å². The summed E-state index contributed by atoms with van der Waals surface area (Å²) in [5, 5.41) is 5.60. The van der Waals surface area contributed by atoms with E-state index in [0.29, 0.717) is 17.7 Å². The number of carbonyl (C=O) groups excluding carboxylic acids is 4. The molecular formula is C20H24N4O4. The van der Waals surface area contributed by atoms with Crippen LogP contribution in [0.2, 0.25) is 0 Å². The van der Waals surface area contributed by atoms with Crippen molar-refractivity contribution in [2.24, 2.45) is 11.1 Å². The predicted octanol–water partition coefficient (Wildman–Crippen LogP) is 0.305. The fraction of sp³-hybridized carbons (Fsp3) is 0.500. The van der Waals surface area contributed by atoms with Gasteiger partial charge < -0.3 is 11.1 Å². The van der Waals surface area contributed by atoms with Crippen molar-refractivity contribution in [3.63, 3.8) is 0 Å². The van der Waals surface area contributed by atoms with Gasteiger partial charge in [0.1, 0.15) is 6.04 Å². The van der Waals surface area contributed by atoms with Crippen LogP contribution in [0.4, 0.5) is 0 Å². The molecular weight excluding hydrogens is 360 g/mol. The van der Waals surface area contributed by atoms with E-state index in [1.807, 2.05) is 13.0 Å². The molecule has 2 aliphatic heterocycles. The number of carbonyl (C=O) groups is 4. The molecule has 4 amide bonds. The Hall–Kier alpha value is -2.58. The monoisotopic (exact) mass is 384 g/mol. The van der Waals surface area contributed by atoms with Crippen LogP contribution in [0.3, 0.4) is 0 Å². The van der Waals surface area contributed by atoms with Crippen LogP contribution in [-0.2, 0) is 16.1 Å². The Bertz CT molecular complexity index is 875. The summed E-state index contributed by atoms with van der Waals surface area (Å²) in [5.74, 6) is -1.95. The van der Waals surface area contributed by atoms with E-state index < -0.39 is 23.8 Å². The molecule has 0 bridgehead atoms. The Labute approximate surface area is 162 Å². The zero-order valence-corrected chi connectivity index (χ0v) is 15.8. The molecule has 1 aromatic carbocycles. The fourth-order valence-corrected chi connectivity index (χ4v) is 4.04. The van der Waals surface area contributed by atoms with Crippen molar-refractivity contribution in [1.82, 2.24) is 15.5 Å². The first-order valence-electron chi connectivity index (χ1n) is 9.63. The molecule has 3 aliphatic rings. The van der Waals surface area contributed by atoms with E-state index >= 15 is 0 Å². The second-order valence-corrected chi connectivity index (χ2v) is 8.08. The van der Waals surface area contributed by atoms with E-state index in [2.05, 4.69) is 10.6 Å². The zero-order chi connectivity index (χ0) is 20.1. The molecule has 1 saturated carbocycles. The molecule has 4 rings (SSSR count). The number of piperidine rings is 1. The van der Waals surface area contributed by atoms with Crippen molar-refractivity contribution in [3.05, 3.63) is 34.9 Å². The summed E-state index contributed by atoms with van der Waals surface area (Å²) in [5.41, 5.74) is 7.72. The van der Waals surface area contributed by atoms with Crippen LogP contribution in [0.25, 0.3) is 0 Å². The Kier molecular flexibility index (Phi) is 4.55. The number of benzene rings is 1. The van der Waals surface area contributed by atoms with E-state index in [1.54, 1.807) is 12.1 Å². The molecule has 2 heterocycles. The molecule has 2 atom stereocenters. The van der Waals surface area contributed by atoms with Crippen molar-refractivity contribution < 1.29 is 19.2 Å². The van der Waals surface area contributed by atoms with Gasteiger partial charge in [-0.3, -0.25) is 29.4 Å². The molecule has 1 aliphatic carbocycles. The van der Waals surface area contributed by atoms with Gasteiger partial charge in [-0.15, -0.1) is 0 Å². The second-order valence-electron chi connectivity index (χ2n) is 8.08. The highest BCUT2D eigenvalue weighted by Crippen LogP contribution is 2.47. The maximum absolute atomic E-state index is 12.8. The maximum atomic E-state index is 12.8. The third-order valence-corrected chi connectivity index (χ3v) is 6.17. The van der Waals surface area contributed by atoms with Gasteiger partial charge in [0.05, 0.1) is 11.1 Å². The smallest absolute Gasteiger partial charge is 0.262 e. The minimum Gasteiger partial charge on any atom is -0.327 e. The van der Waals surface area contributed by atoms with E-state index in [-0.39, 0.29) is 30.2 Å². The standard InChI is InChI=1S/C20H24N4O4/c1-11(21)20(6-7-20)10-22-9-12-2-3-13-14(8-12)19(28)24(18(13)27)15-4-5-16(25)23-17(15)26/h2-3,8,11,15,22H,4-7,9-10,21H2,1H3,(H,23,25,26). The van der Waals surface area contributed by atoms with Crippen molar-refractivity contribution in [2.45, 2.75) is 51.2 Å². The number of fused-ring (bicyclic) bond motifs is 1. The average Bonchev–Trinajstić information content (AvgIpc) is 3.40. The first-order chi connectivity index (χ1) is 13.3. The number of amides is 4. The molecule has 8 nitrogen and oxygen atoms in total. The van der Waals surface area contributed by atoms with Crippen molar-refractivity contribution in [3.8, 4) is 0 Å². The number of nitrogens with two attached hydrogens (primary N) is 1. The van der Waals surface area contributed by atoms with Gasteiger partial charge in [0, 0.05) is 25.6 Å². The van der Waals surface area contributed by atoms with Crippen LogP contribution >= 0.6 is 0 Å². The molecule has 148 valence electrons. The predicted molar refractivity (Wildman–Crippen MR) is 100 cm³/mol. The van der Waals surface area contributed by atoms with Gasteiger partial charge in [-0.05, 0) is 49.3 Å². The molecule has 0 radical (unpaired) electrons. The van der Waals surface area contributed by atoms with Gasteiger partial charge in [0.15, 0.2) is 0 Å². The third-order valence-electron chi connectivity index (χ3n) is 6.17. The largest absolute Gasteiger partial charge is 0.327 e. The van der Waals surface area contributed by atoms with Crippen LogP contribution in [-0.4, -0.2) is 47.2 Å². The Morgan fingerprint density at radius 1 is 1.21 bits per heavy atom. The van der Waals surface area contributed by atoms with E-state index in [9.17, 15) is 19.2 Å². The molecule has 4 N–H and O–H groups in total. The van der Waals surface area contributed by atoms with Gasteiger partial charge in [-0.2, -0.15) is 0 Å². The SMILES string of the molecule is CC(N)C1(CNCc2ccc3c(c2)C(=O)N(C2CCC(=O)NC2=O)C3=O)CC1. The molecule has 1 saturated heterocycles. The number of nitrogens with one attached hydrogen (secondary N) is 2. The summed E-state index contributed by atoms with van der Waals surface area (Å²) in [6.45, 7) is 3.41. The lowest BCUT2D eigenvalue weighted by Crippen LogP contribution is -2.54. The van der Waals surface area contributed by atoms with E-state index in [0.717, 1.165) is 29.8 Å². The maximum Gasteiger partial charge on any atom is 0.262 e. The third kappa shape index (κ3) is 3.12. The van der Waals surface area contributed by atoms with E-state index in [1.165, 1.54) is 0 Å². The van der Waals surface area contributed by atoms with Crippen LogP contribution in [0.1, 0.15) is 58.9 Å². The lowest BCUT2D eigenvalue weighted by molar-refractivity contribution is -0.136. The fourth-order valence-electron chi connectivity index (χ4n) is 4.04. The minimum absolute atomic E-state index is 0.111. The molecule has 8 heteroatoms. The Morgan fingerprint density at radius 3 is 2.57 bits per heavy atom. The minimum atomic E-state index is -0.938. The highest BCUT2D eigenvalue weighted by Gasteiger charge is 2.46. The second kappa shape index (κ2) is 6.79. The normalized spacial score (nSPS) is 24.2. The van der Waals surface area contributed by atoms with Crippen molar-refractivity contribution in [1.29, 1.82) is 0 Å². The van der Waals surface area contributed by atoms with Crippen LogP contribution in [0, 0.1) is 5.41 Å². The topological polar surface area (TPSA) is 122 Å². The number of hydrogen-bond acceptors (Lipinski definition) is 6. The van der Waals surface area contributed by atoms with Crippen molar-refractivity contribution in [2.75, 3.05) is 6.54 Å². The lowest BCUT2D eigenvalue weighted by Gasteiger charge is -2.27. The summed E-state index contributed by atoms with van der Waals surface area (Å²) >= 11 is 0. The lowest BCUT2D eigenvalue weighted by atomic mass is 9.98. The van der Waals surface area contributed by atoms with Gasteiger partial charge in [-0.1, -0.05) is 6.07 Å². The van der Waals surface area contributed by atoms with Crippen LogP contribution in [0.5, 0.6) is 0 Å². The number of imide groups is 2. The summed E-state index contributed by atoms with van der Waals surface area (Å²) in [7, 11) is 0. The number of hydrogen-bond donors (Lipinski definition) is 3. The van der Waals surface area contributed by atoms with E-state index in [4.69, 9.17) is 5.73 Å². The molecule has 28 heavy (non-hydrogen) atoms. The first-order valence-corrected chi connectivity index (χ1v) is 9.63. The van der Waals surface area contributed by atoms with Gasteiger partial charge >= 0.3 is 0 Å². The number of rotatable bonds is 6. The highest BCUT2D eigenvalue weighted by molar-refractivity contribution is 6.23. The molecule has 1 aromatic rings. The van der Waals surface area contributed by atoms with Crippen molar-refractivity contribution >= 4 is 23.6 Å². The molecule has 2 fully saturated rings. The Balaban J connectivity index is 1.46. The summed E-state index contributed by atoms with van der Waals surface area (Å²) in [6.07, 6.45) is 2.51. The summed E-state index contributed by atoms with van der Waals surface area (Å²) in [6, 6.07) is 4.36. The van der Waals surface area contributed by atoms with Gasteiger partial charge in [0.2, 0.25) is 11.8 Å².